The van der Waals surface area contributed by atoms with Crippen molar-refractivity contribution in [2.45, 2.75) is 32.2 Å². The maximum Gasteiger partial charge on any atom is 0.238 e. The molecule has 1 aromatic heterocycles. The fourth-order valence-electron chi connectivity index (χ4n) is 3.01. The van der Waals surface area contributed by atoms with Gasteiger partial charge in [0.05, 0.1) is 17.1 Å². The lowest BCUT2D eigenvalue weighted by Gasteiger charge is -2.16. The summed E-state index contributed by atoms with van der Waals surface area (Å²) in [6.45, 7) is 1.79. The highest BCUT2D eigenvalue weighted by Gasteiger charge is 2.23. The molecule has 1 heterocycles. The maximum atomic E-state index is 13.6. The molecule has 0 aliphatic heterocycles. The molecule has 1 aromatic carbocycles. The van der Waals surface area contributed by atoms with Crippen LogP contribution in [0.3, 0.4) is 0 Å². The molecule has 0 spiro atoms. The fraction of sp³-hybridized carbons (Fsp3) is 0.333. The second kappa shape index (κ2) is 7.93. The number of amides is 1. The van der Waals surface area contributed by atoms with Gasteiger partial charge in [-0.05, 0) is 49.4 Å². The van der Waals surface area contributed by atoms with Crippen molar-refractivity contribution in [1.82, 2.24) is 5.32 Å². The summed E-state index contributed by atoms with van der Waals surface area (Å²) >= 11 is 13.3. The number of nitrogens with one attached hydrogen (secondary N) is 2. The summed E-state index contributed by atoms with van der Waals surface area (Å²) in [5, 5.41) is 16.1. The molecular weight excluding hydrogens is 396 g/mol. The Bertz CT molecular complexity index is 907. The number of rotatable bonds is 5. The van der Waals surface area contributed by atoms with Gasteiger partial charge in [0.25, 0.3) is 0 Å². The van der Waals surface area contributed by atoms with Gasteiger partial charge in [-0.15, -0.1) is 11.3 Å². The van der Waals surface area contributed by atoms with Gasteiger partial charge in [0.1, 0.15) is 16.9 Å². The van der Waals surface area contributed by atoms with Gasteiger partial charge in [-0.25, -0.2) is 4.39 Å². The standard InChI is InChI=1S/C18H16Cl2FN3OS/c1-9(11-5-15(21)14(20)6-13(11)19)23-8-17(25)24-18-12(7-22)10-3-2-4-16(10)26-18/h5-6,9,23H,2-4,8H2,1H3,(H,24,25)/t9-/m1/s1. The molecule has 2 aromatic rings. The molecule has 1 amide bonds. The van der Waals surface area contributed by atoms with E-state index in [0.717, 1.165) is 24.8 Å². The van der Waals surface area contributed by atoms with Gasteiger partial charge in [-0.2, -0.15) is 5.26 Å². The lowest BCUT2D eigenvalue weighted by molar-refractivity contribution is -0.115. The summed E-state index contributed by atoms with van der Waals surface area (Å²) in [5.41, 5.74) is 2.17. The van der Waals surface area contributed by atoms with Gasteiger partial charge in [0.15, 0.2) is 0 Å². The number of benzene rings is 1. The van der Waals surface area contributed by atoms with E-state index in [4.69, 9.17) is 23.2 Å². The summed E-state index contributed by atoms with van der Waals surface area (Å²) in [5.74, 6) is -0.824. The molecule has 1 aliphatic carbocycles. The Hall–Kier alpha value is -1.65. The van der Waals surface area contributed by atoms with Crippen molar-refractivity contribution in [3.8, 4) is 6.07 Å². The number of anilines is 1. The van der Waals surface area contributed by atoms with Crippen LogP contribution in [0.15, 0.2) is 12.1 Å². The first-order valence-electron chi connectivity index (χ1n) is 8.13. The summed E-state index contributed by atoms with van der Waals surface area (Å²) in [7, 11) is 0. The molecule has 0 bridgehead atoms. The molecular formula is C18H16Cl2FN3OS. The zero-order valence-corrected chi connectivity index (χ0v) is 16.3. The molecule has 0 radical (unpaired) electrons. The largest absolute Gasteiger partial charge is 0.315 e. The molecule has 1 atom stereocenters. The van der Waals surface area contributed by atoms with E-state index in [-0.39, 0.29) is 23.5 Å². The number of aryl methyl sites for hydroxylation is 1. The average molecular weight is 412 g/mol. The highest BCUT2D eigenvalue weighted by molar-refractivity contribution is 7.16. The second-order valence-corrected chi connectivity index (χ2v) is 8.03. The highest BCUT2D eigenvalue weighted by Crippen LogP contribution is 2.38. The SMILES string of the molecule is C[C@@H](NCC(=O)Nc1sc2c(c1C#N)CCC2)c1cc(F)c(Cl)cc1Cl. The molecule has 136 valence electrons. The third-order valence-electron chi connectivity index (χ3n) is 4.36. The van der Waals surface area contributed by atoms with Gasteiger partial charge < -0.3 is 10.6 Å². The lowest BCUT2D eigenvalue weighted by Crippen LogP contribution is -2.30. The minimum atomic E-state index is -0.559. The Kier molecular flexibility index (Phi) is 5.83. The monoisotopic (exact) mass is 411 g/mol. The third-order valence-corrected chi connectivity index (χ3v) is 6.19. The number of fused-ring (bicyclic) bond motifs is 1. The molecule has 0 saturated carbocycles. The van der Waals surface area contributed by atoms with E-state index in [0.29, 0.717) is 21.2 Å². The van der Waals surface area contributed by atoms with E-state index in [1.807, 2.05) is 0 Å². The van der Waals surface area contributed by atoms with Crippen LogP contribution in [0.1, 0.15) is 41.0 Å². The van der Waals surface area contributed by atoms with Crippen LogP contribution in [0.5, 0.6) is 0 Å². The van der Waals surface area contributed by atoms with Gasteiger partial charge in [-0.1, -0.05) is 23.2 Å². The predicted octanol–water partition coefficient (Wildman–Crippen LogP) is 4.84. The molecule has 0 unspecified atom stereocenters. The van der Waals surface area contributed by atoms with Gasteiger partial charge in [0.2, 0.25) is 5.91 Å². The Morgan fingerprint density at radius 3 is 2.88 bits per heavy atom. The van der Waals surface area contributed by atoms with Crippen LogP contribution in [0.2, 0.25) is 10.0 Å². The zero-order chi connectivity index (χ0) is 18.8. The number of hydrogen-bond donors (Lipinski definition) is 2. The number of halogens is 3. The first-order valence-corrected chi connectivity index (χ1v) is 9.70. The molecule has 1 aliphatic rings. The van der Waals surface area contributed by atoms with Crippen molar-refractivity contribution >= 4 is 45.4 Å². The quantitative estimate of drug-likeness (QED) is 0.691. The lowest BCUT2D eigenvalue weighted by atomic mass is 10.1. The molecule has 3 rings (SSSR count). The zero-order valence-electron chi connectivity index (χ0n) is 14.0. The maximum absolute atomic E-state index is 13.6. The van der Waals surface area contributed by atoms with Crippen molar-refractivity contribution in [3.63, 3.8) is 0 Å². The minimum Gasteiger partial charge on any atom is -0.315 e. The van der Waals surface area contributed by atoms with Crippen molar-refractivity contribution < 1.29 is 9.18 Å². The fourth-order valence-corrected chi connectivity index (χ4v) is 4.81. The van der Waals surface area contributed by atoms with E-state index >= 15 is 0 Å². The van der Waals surface area contributed by atoms with E-state index in [1.165, 1.54) is 28.3 Å². The normalized spacial score (nSPS) is 14.0. The highest BCUT2D eigenvalue weighted by atomic mass is 35.5. The Labute approximate surface area is 164 Å². The van der Waals surface area contributed by atoms with Crippen molar-refractivity contribution in [2.75, 3.05) is 11.9 Å². The second-order valence-electron chi connectivity index (χ2n) is 6.11. The average Bonchev–Trinajstić information content (AvgIpc) is 3.16. The number of nitriles is 1. The molecule has 4 nitrogen and oxygen atoms in total. The van der Waals surface area contributed by atoms with Crippen molar-refractivity contribution in [1.29, 1.82) is 5.26 Å². The van der Waals surface area contributed by atoms with E-state index < -0.39 is 5.82 Å². The van der Waals surface area contributed by atoms with Crippen molar-refractivity contribution in [3.05, 3.63) is 49.6 Å². The Balaban J connectivity index is 1.63. The Morgan fingerprint density at radius 1 is 1.38 bits per heavy atom. The van der Waals surface area contributed by atoms with Gasteiger partial charge >= 0.3 is 0 Å². The van der Waals surface area contributed by atoms with Crippen LogP contribution in [0.25, 0.3) is 0 Å². The molecule has 0 fully saturated rings. The van der Waals surface area contributed by atoms with Gasteiger partial charge in [-0.3, -0.25) is 4.79 Å². The smallest absolute Gasteiger partial charge is 0.238 e. The number of hydrogen-bond acceptors (Lipinski definition) is 4. The first-order chi connectivity index (χ1) is 12.4. The van der Waals surface area contributed by atoms with Crippen LogP contribution in [-0.2, 0) is 17.6 Å². The first kappa shape index (κ1) is 19.1. The topological polar surface area (TPSA) is 64.9 Å². The summed E-state index contributed by atoms with van der Waals surface area (Å²) in [6, 6.07) is 4.46. The van der Waals surface area contributed by atoms with Crippen LogP contribution in [0.4, 0.5) is 9.39 Å². The number of thiophene rings is 1. The number of carbonyl (C=O) groups excluding carboxylic acids is 1. The molecule has 2 N–H and O–H groups in total. The molecule has 8 heteroatoms. The van der Waals surface area contributed by atoms with E-state index in [9.17, 15) is 14.4 Å². The number of carbonyl (C=O) groups is 1. The minimum absolute atomic E-state index is 0.00910. The van der Waals surface area contributed by atoms with Crippen molar-refractivity contribution in [2.24, 2.45) is 0 Å². The van der Waals surface area contributed by atoms with E-state index in [2.05, 4.69) is 16.7 Å². The van der Waals surface area contributed by atoms with E-state index in [1.54, 1.807) is 6.92 Å². The van der Waals surface area contributed by atoms with Gasteiger partial charge in [0, 0.05) is 15.9 Å². The number of nitrogens with zero attached hydrogens (tertiary/aromatic N) is 1. The van der Waals surface area contributed by atoms with Crippen LogP contribution in [0, 0.1) is 17.1 Å². The summed E-state index contributed by atoms with van der Waals surface area (Å²) in [6.07, 6.45) is 2.91. The molecule has 26 heavy (non-hydrogen) atoms. The van der Waals surface area contributed by atoms with Crippen LogP contribution >= 0.6 is 34.5 Å². The molecule has 0 saturated heterocycles. The van der Waals surface area contributed by atoms with Crippen LogP contribution < -0.4 is 10.6 Å². The summed E-state index contributed by atoms with van der Waals surface area (Å²) < 4.78 is 13.6. The summed E-state index contributed by atoms with van der Waals surface area (Å²) in [4.78, 5) is 13.4. The predicted molar refractivity (Wildman–Crippen MR) is 103 cm³/mol. The van der Waals surface area contributed by atoms with Crippen LogP contribution in [-0.4, -0.2) is 12.5 Å². The third kappa shape index (κ3) is 3.86. The Morgan fingerprint density at radius 2 is 2.15 bits per heavy atom.